The first-order valence-corrected chi connectivity index (χ1v) is 11.5. The summed E-state index contributed by atoms with van der Waals surface area (Å²) in [5, 5.41) is 0. The molecule has 0 radical (unpaired) electrons. The summed E-state index contributed by atoms with van der Waals surface area (Å²) in [5.41, 5.74) is 2.53. The molecule has 0 N–H and O–H groups in total. The van der Waals surface area contributed by atoms with Crippen molar-refractivity contribution in [3.8, 4) is 34.5 Å². The molecule has 182 valence electrons. The van der Waals surface area contributed by atoms with Crippen LogP contribution in [-0.4, -0.2) is 39.2 Å². The lowest BCUT2D eigenvalue weighted by atomic mass is 9.84. The van der Waals surface area contributed by atoms with Gasteiger partial charge >= 0.3 is 5.97 Å². The molecule has 3 aromatic rings. The molecule has 0 bridgehead atoms. The number of esters is 1. The lowest BCUT2D eigenvalue weighted by Crippen LogP contribution is -2.22. The van der Waals surface area contributed by atoms with Gasteiger partial charge in [0.05, 0.1) is 26.2 Å². The van der Waals surface area contributed by atoms with Crippen LogP contribution in [0.25, 0.3) is 6.08 Å². The average Bonchev–Trinajstić information content (AvgIpc) is 3.22. The molecule has 8 heteroatoms. The highest BCUT2D eigenvalue weighted by Gasteiger charge is 2.39. The van der Waals surface area contributed by atoms with Crippen molar-refractivity contribution >= 4 is 17.8 Å². The Morgan fingerprint density at radius 3 is 2.50 bits per heavy atom. The van der Waals surface area contributed by atoms with E-state index < -0.39 is 0 Å². The maximum absolute atomic E-state index is 13.3. The van der Waals surface area contributed by atoms with Crippen LogP contribution in [0.2, 0.25) is 0 Å². The van der Waals surface area contributed by atoms with Gasteiger partial charge in [-0.2, -0.15) is 0 Å². The van der Waals surface area contributed by atoms with Crippen LogP contribution in [0.15, 0.2) is 54.3 Å². The summed E-state index contributed by atoms with van der Waals surface area (Å²) in [6.45, 7) is 0.941. The molecule has 3 aromatic carbocycles. The maximum atomic E-state index is 13.3. The Morgan fingerprint density at radius 1 is 0.889 bits per heavy atom. The molecule has 0 saturated carbocycles. The van der Waals surface area contributed by atoms with Crippen molar-refractivity contribution in [1.82, 2.24) is 0 Å². The molecule has 0 saturated heterocycles. The number of ketones is 1. The highest BCUT2D eigenvalue weighted by molar-refractivity contribution is 6.15. The maximum Gasteiger partial charge on any atom is 0.312 e. The lowest BCUT2D eigenvalue weighted by molar-refractivity contribution is -0.135. The van der Waals surface area contributed by atoms with Gasteiger partial charge in [-0.25, -0.2) is 0 Å². The fourth-order valence-corrected chi connectivity index (χ4v) is 4.83. The quantitative estimate of drug-likeness (QED) is 0.302. The largest absolute Gasteiger partial charge is 0.493 e. The summed E-state index contributed by atoms with van der Waals surface area (Å²) in [5.74, 6) is 2.20. The van der Waals surface area contributed by atoms with Crippen molar-refractivity contribution in [1.29, 1.82) is 0 Å². The zero-order valence-electron chi connectivity index (χ0n) is 19.7. The average molecular weight is 486 g/mol. The van der Waals surface area contributed by atoms with Crippen molar-refractivity contribution in [3.63, 3.8) is 0 Å². The molecule has 3 aliphatic heterocycles. The third-order valence-electron chi connectivity index (χ3n) is 6.47. The van der Waals surface area contributed by atoms with Gasteiger partial charge in [0, 0.05) is 17.0 Å². The number of hydrogen-bond acceptors (Lipinski definition) is 8. The van der Waals surface area contributed by atoms with Gasteiger partial charge in [-0.3, -0.25) is 9.59 Å². The number of allylic oxidation sites excluding steroid dienone is 1. The summed E-state index contributed by atoms with van der Waals surface area (Å²) in [4.78, 5) is 25.8. The van der Waals surface area contributed by atoms with Gasteiger partial charge in [0.1, 0.15) is 24.7 Å². The van der Waals surface area contributed by atoms with Crippen molar-refractivity contribution in [2.75, 3.05) is 27.4 Å². The van der Waals surface area contributed by atoms with E-state index in [1.165, 1.54) is 7.11 Å². The second-order valence-electron chi connectivity index (χ2n) is 8.51. The van der Waals surface area contributed by atoms with E-state index in [1.54, 1.807) is 37.5 Å². The first-order chi connectivity index (χ1) is 17.6. The molecule has 1 atom stereocenters. The molecule has 6 rings (SSSR count). The van der Waals surface area contributed by atoms with Crippen LogP contribution in [0, 0.1) is 0 Å². The van der Waals surface area contributed by atoms with Crippen LogP contribution < -0.4 is 28.4 Å². The molecule has 0 fully saturated rings. The Bertz CT molecular complexity index is 1440. The highest BCUT2D eigenvalue weighted by Crippen LogP contribution is 2.50. The van der Waals surface area contributed by atoms with E-state index in [0.29, 0.717) is 64.4 Å². The van der Waals surface area contributed by atoms with Gasteiger partial charge < -0.3 is 28.4 Å². The van der Waals surface area contributed by atoms with Gasteiger partial charge in [0.25, 0.3) is 0 Å². The zero-order chi connectivity index (χ0) is 24.8. The predicted octanol–water partition coefficient (Wildman–Crippen LogP) is 4.53. The summed E-state index contributed by atoms with van der Waals surface area (Å²) in [6, 6.07) is 14.3. The first-order valence-electron chi connectivity index (χ1n) is 11.5. The second kappa shape index (κ2) is 8.64. The first kappa shape index (κ1) is 22.0. The summed E-state index contributed by atoms with van der Waals surface area (Å²) >= 11 is 0. The second-order valence-corrected chi connectivity index (χ2v) is 8.51. The third-order valence-corrected chi connectivity index (χ3v) is 6.47. The van der Waals surface area contributed by atoms with E-state index in [2.05, 4.69) is 0 Å². The Morgan fingerprint density at radius 2 is 1.69 bits per heavy atom. The number of carbonyl (C=O) groups excluding carboxylic acids is 2. The number of ether oxygens (including phenoxy) is 6. The van der Waals surface area contributed by atoms with Crippen molar-refractivity contribution < 1.29 is 38.0 Å². The number of fused-ring (bicyclic) bond motifs is 4. The van der Waals surface area contributed by atoms with E-state index in [-0.39, 0.29) is 29.9 Å². The monoisotopic (exact) mass is 486 g/mol. The van der Waals surface area contributed by atoms with Crippen LogP contribution in [-0.2, 0) is 4.79 Å². The minimum Gasteiger partial charge on any atom is -0.493 e. The fraction of sp³-hybridized carbons (Fsp3) is 0.214. The summed E-state index contributed by atoms with van der Waals surface area (Å²) < 4.78 is 33.9. The number of para-hydroxylation sites is 1. The van der Waals surface area contributed by atoms with Crippen molar-refractivity contribution in [2.24, 2.45) is 0 Å². The van der Waals surface area contributed by atoms with Gasteiger partial charge in [0.15, 0.2) is 28.8 Å². The fourth-order valence-electron chi connectivity index (χ4n) is 4.83. The number of carbonyl (C=O) groups is 2. The Hall–Kier alpha value is -4.46. The van der Waals surface area contributed by atoms with E-state index in [1.807, 2.05) is 24.3 Å². The van der Waals surface area contributed by atoms with E-state index in [9.17, 15) is 9.59 Å². The number of methoxy groups -OCH3 is 2. The molecule has 0 spiro atoms. The molecule has 3 heterocycles. The normalized spacial score (nSPS) is 18.7. The number of rotatable bonds is 4. The van der Waals surface area contributed by atoms with E-state index >= 15 is 0 Å². The lowest BCUT2D eigenvalue weighted by Gasteiger charge is -2.27. The van der Waals surface area contributed by atoms with Crippen molar-refractivity contribution in [3.05, 3.63) is 76.5 Å². The Labute approximate surface area is 206 Å². The molecule has 8 nitrogen and oxygen atoms in total. The molecule has 0 unspecified atom stereocenters. The van der Waals surface area contributed by atoms with Gasteiger partial charge in [0.2, 0.25) is 5.78 Å². The molecular weight excluding hydrogens is 464 g/mol. The van der Waals surface area contributed by atoms with E-state index in [4.69, 9.17) is 28.4 Å². The van der Waals surface area contributed by atoms with Gasteiger partial charge in [-0.15, -0.1) is 0 Å². The molecule has 0 aliphatic carbocycles. The van der Waals surface area contributed by atoms with Gasteiger partial charge in [-0.05, 0) is 42.0 Å². The molecular formula is C28H22O8. The zero-order valence-corrected chi connectivity index (χ0v) is 19.7. The molecule has 0 amide bonds. The topological polar surface area (TPSA) is 89.5 Å². The summed E-state index contributed by atoms with van der Waals surface area (Å²) in [6.07, 6.45) is 1.73. The highest BCUT2D eigenvalue weighted by atomic mass is 16.6. The number of benzene rings is 3. The standard InChI is InChI=1S/C28H22O8/c1-31-21-5-3-4-16(27(21)32-2)13-23-26(30)17-7-9-20-25(28(17)36-23)18(14-24(29)35-20)15-6-8-19-22(12-15)34-11-10-33-19/h3-9,12-13,18H,10-11,14H2,1-2H3/b23-13-/t18-/m1/s1. The van der Waals surface area contributed by atoms with Crippen LogP contribution in [0.1, 0.15) is 39.4 Å². The molecule has 36 heavy (non-hydrogen) atoms. The third kappa shape index (κ3) is 3.53. The number of Topliss-reactive ketones (excluding diaryl/α,β-unsaturated/α-hetero) is 1. The van der Waals surface area contributed by atoms with E-state index in [0.717, 1.165) is 5.56 Å². The molecule has 3 aliphatic rings. The van der Waals surface area contributed by atoms with Crippen LogP contribution in [0.3, 0.4) is 0 Å². The number of hydrogen-bond donors (Lipinski definition) is 0. The van der Waals surface area contributed by atoms with Crippen LogP contribution in [0.4, 0.5) is 0 Å². The van der Waals surface area contributed by atoms with Gasteiger partial charge in [-0.1, -0.05) is 18.2 Å². The van der Waals surface area contributed by atoms with Crippen LogP contribution >= 0.6 is 0 Å². The molecule has 0 aromatic heterocycles. The summed E-state index contributed by atoms with van der Waals surface area (Å²) in [7, 11) is 3.09. The minimum atomic E-state index is -0.384. The Kier molecular flexibility index (Phi) is 5.29. The SMILES string of the molecule is COc1cccc(/C=C2\Oc3c(ccc4c3[C@@H](c3ccc5c(c3)OCCO5)CC(=O)O4)C2=O)c1OC. The predicted molar refractivity (Wildman–Crippen MR) is 128 cm³/mol. The Balaban J connectivity index is 1.44. The van der Waals surface area contributed by atoms with Crippen LogP contribution in [0.5, 0.6) is 34.5 Å². The minimum absolute atomic E-state index is 0.101. The van der Waals surface area contributed by atoms with Crippen molar-refractivity contribution in [2.45, 2.75) is 12.3 Å². The smallest absolute Gasteiger partial charge is 0.312 e.